The van der Waals surface area contributed by atoms with Gasteiger partial charge in [0.25, 0.3) is 10.0 Å². The van der Waals surface area contributed by atoms with Gasteiger partial charge < -0.3 is 9.88 Å². The summed E-state index contributed by atoms with van der Waals surface area (Å²) in [6.45, 7) is 2.16. The van der Waals surface area contributed by atoms with Crippen LogP contribution < -0.4 is 10.0 Å². The number of hydrogen-bond donors (Lipinski definition) is 2. The van der Waals surface area contributed by atoms with Crippen LogP contribution in [0.25, 0.3) is 0 Å². The fourth-order valence-electron chi connectivity index (χ4n) is 2.00. The van der Waals surface area contributed by atoms with E-state index in [1.807, 2.05) is 0 Å². The molecular weight excluding hydrogens is 293 g/mol. The number of hydrogen-bond acceptors (Lipinski definition) is 3. The van der Waals surface area contributed by atoms with Crippen molar-refractivity contribution in [3.63, 3.8) is 0 Å². The summed E-state index contributed by atoms with van der Waals surface area (Å²) in [7, 11) is -0.106. The first kappa shape index (κ1) is 15.5. The van der Waals surface area contributed by atoms with Gasteiger partial charge in [-0.15, -0.1) is 0 Å². The smallest absolute Gasteiger partial charge is 0.263 e. The van der Waals surface area contributed by atoms with Crippen molar-refractivity contribution in [3.8, 4) is 0 Å². The highest BCUT2D eigenvalue weighted by atomic mass is 32.2. The van der Waals surface area contributed by atoms with Crippen molar-refractivity contribution < 1.29 is 12.8 Å². The Labute approximate surface area is 123 Å². The molecule has 0 atom stereocenters. The van der Waals surface area contributed by atoms with Crippen LogP contribution in [0.4, 0.5) is 10.1 Å². The molecule has 2 N–H and O–H groups in total. The third-order valence-electron chi connectivity index (χ3n) is 3.16. The van der Waals surface area contributed by atoms with Crippen LogP contribution in [0.15, 0.2) is 35.4 Å². The Kier molecular flexibility index (Phi) is 4.34. The maximum Gasteiger partial charge on any atom is 0.263 e. The summed E-state index contributed by atoms with van der Waals surface area (Å²) in [6, 6.07) is 5.71. The number of anilines is 1. The second kappa shape index (κ2) is 5.87. The van der Waals surface area contributed by atoms with Crippen LogP contribution in [-0.2, 0) is 23.6 Å². The van der Waals surface area contributed by atoms with E-state index in [9.17, 15) is 12.8 Å². The number of nitrogens with zero attached hydrogens (tertiary/aromatic N) is 1. The van der Waals surface area contributed by atoms with Crippen molar-refractivity contribution in [2.24, 2.45) is 7.05 Å². The summed E-state index contributed by atoms with van der Waals surface area (Å²) < 4.78 is 42.1. The van der Waals surface area contributed by atoms with Crippen LogP contribution in [0.1, 0.15) is 11.3 Å². The van der Waals surface area contributed by atoms with Crippen molar-refractivity contribution in [1.82, 2.24) is 9.88 Å². The molecule has 114 valence electrons. The zero-order chi connectivity index (χ0) is 15.6. The minimum absolute atomic E-state index is 0.178. The number of sulfonamides is 1. The summed E-state index contributed by atoms with van der Waals surface area (Å²) in [5.41, 5.74) is 1.58. The first-order chi connectivity index (χ1) is 9.83. The molecule has 21 heavy (non-hydrogen) atoms. The van der Waals surface area contributed by atoms with E-state index in [1.165, 1.54) is 18.2 Å². The lowest BCUT2D eigenvalue weighted by atomic mass is 10.2. The lowest BCUT2D eigenvalue weighted by Gasteiger charge is -2.07. The molecule has 0 amide bonds. The minimum atomic E-state index is -3.68. The molecule has 5 nitrogen and oxygen atoms in total. The van der Waals surface area contributed by atoms with Gasteiger partial charge >= 0.3 is 0 Å². The molecule has 0 aliphatic heterocycles. The Hall–Kier alpha value is -1.86. The van der Waals surface area contributed by atoms with Gasteiger partial charge in [-0.1, -0.05) is 0 Å². The molecule has 0 aliphatic carbocycles. The van der Waals surface area contributed by atoms with Crippen molar-refractivity contribution >= 4 is 15.7 Å². The summed E-state index contributed by atoms with van der Waals surface area (Å²) in [4.78, 5) is 0.178. The van der Waals surface area contributed by atoms with Gasteiger partial charge in [-0.25, -0.2) is 12.8 Å². The molecule has 1 aromatic carbocycles. The topological polar surface area (TPSA) is 63.1 Å². The van der Waals surface area contributed by atoms with Gasteiger partial charge in [-0.05, 0) is 43.8 Å². The van der Waals surface area contributed by atoms with Crippen molar-refractivity contribution in [2.75, 3.05) is 11.8 Å². The number of halogens is 1. The Balaban J connectivity index is 2.29. The van der Waals surface area contributed by atoms with E-state index in [2.05, 4.69) is 10.0 Å². The van der Waals surface area contributed by atoms with E-state index < -0.39 is 10.0 Å². The van der Waals surface area contributed by atoms with Crippen LogP contribution in [0.2, 0.25) is 0 Å². The van der Waals surface area contributed by atoms with Gasteiger partial charge in [0.1, 0.15) is 10.7 Å². The molecule has 0 aliphatic rings. The second-order valence-electron chi connectivity index (χ2n) is 4.88. The molecule has 2 aromatic rings. The quantitative estimate of drug-likeness (QED) is 0.887. The van der Waals surface area contributed by atoms with Gasteiger partial charge in [0.05, 0.1) is 0 Å². The summed E-state index contributed by atoms with van der Waals surface area (Å²) in [5, 5.41) is 2.98. The molecule has 0 radical (unpaired) electrons. The number of aromatic nitrogens is 1. The van der Waals surface area contributed by atoms with Crippen LogP contribution >= 0.6 is 0 Å². The molecule has 0 unspecified atom stereocenters. The normalized spacial score (nSPS) is 11.6. The van der Waals surface area contributed by atoms with E-state index in [1.54, 1.807) is 37.8 Å². The van der Waals surface area contributed by atoms with Crippen LogP contribution in [0, 0.1) is 12.7 Å². The van der Waals surface area contributed by atoms with Crippen molar-refractivity contribution in [3.05, 3.63) is 47.5 Å². The van der Waals surface area contributed by atoms with Crippen LogP contribution in [-0.4, -0.2) is 20.0 Å². The van der Waals surface area contributed by atoms with Gasteiger partial charge in [0, 0.05) is 31.2 Å². The molecule has 7 heteroatoms. The average molecular weight is 311 g/mol. The molecular formula is C14H18FN3O2S. The summed E-state index contributed by atoms with van der Waals surface area (Å²) in [6.07, 6.45) is 1.55. The average Bonchev–Trinajstić information content (AvgIpc) is 2.77. The van der Waals surface area contributed by atoms with E-state index in [0.717, 1.165) is 5.69 Å². The van der Waals surface area contributed by atoms with E-state index in [4.69, 9.17) is 0 Å². The highest BCUT2D eigenvalue weighted by molar-refractivity contribution is 7.92. The zero-order valence-electron chi connectivity index (χ0n) is 12.1. The molecule has 1 heterocycles. The third-order valence-corrected chi connectivity index (χ3v) is 4.51. The van der Waals surface area contributed by atoms with E-state index in [0.29, 0.717) is 17.8 Å². The summed E-state index contributed by atoms with van der Waals surface area (Å²) in [5.74, 6) is -0.367. The minimum Gasteiger partial charge on any atom is -0.352 e. The maximum absolute atomic E-state index is 13.2. The van der Waals surface area contributed by atoms with E-state index >= 15 is 0 Å². The Morgan fingerprint density at radius 3 is 2.62 bits per heavy atom. The van der Waals surface area contributed by atoms with Gasteiger partial charge in [-0.3, -0.25) is 4.72 Å². The van der Waals surface area contributed by atoms with Crippen molar-refractivity contribution in [2.45, 2.75) is 18.4 Å². The molecule has 1 aromatic heterocycles. The first-order valence-electron chi connectivity index (χ1n) is 6.42. The fraction of sp³-hybridized carbons (Fsp3) is 0.286. The monoisotopic (exact) mass is 311 g/mol. The lowest BCUT2D eigenvalue weighted by Crippen LogP contribution is -2.12. The number of nitrogens with one attached hydrogen (secondary N) is 2. The Morgan fingerprint density at radius 1 is 1.29 bits per heavy atom. The Bertz CT molecular complexity index is 754. The van der Waals surface area contributed by atoms with Gasteiger partial charge in [-0.2, -0.15) is 0 Å². The molecule has 0 fully saturated rings. The SMILES string of the molecule is CNCc1cc(S(=O)(=O)Nc2ccc(F)c(C)c2)cn1C. The predicted octanol–water partition coefficient (Wildman–Crippen LogP) is 1.99. The molecule has 0 saturated heterocycles. The number of benzene rings is 1. The Morgan fingerprint density at radius 2 is 2.00 bits per heavy atom. The van der Waals surface area contributed by atoms with Crippen LogP contribution in [0.3, 0.4) is 0 Å². The van der Waals surface area contributed by atoms with Crippen LogP contribution in [0.5, 0.6) is 0 Å². The molecule has 2 rings (SSSR count). The zero-order valence-corrected chi connectivity index (χ0v) is 13.0. The number of aryl methyl sites for hydroxylation is 2. The second-order valence-corrected chi connectivity index (χ2v) is 6.56. The van der Waals surface area contributed by atoms with E-state index in [-0.39, 0.29) is 10.7 Å². The first-order valence-corrected chi connectivity index (χ1v) is 7.90. The highest BCUT2D eigenvalue weighted by Gasteiger charge is 2.18. The fourth-order valence-corrected chi connectivity index (χ4v) is 3.15. The largest absolute Gasteiger partial charge is 0.352 e. The molecule has 0 bridgehead atoms. The molecule has 0 saturated carbocycles. The molecule has 0 spiro atoms. The van der Waals surface area contributed by atoms with Gasteiger partial charge in [0.2, 0.25) is 0 Å². The lowest BCUT2D eigenvalue weighted by molar-refractivity contribution is 0.600. The van der Waals surface area contributed by atoms with Gasteiger partial charge in [0.15, 0.2) is 0 Å². The summed E-state index contributed by atoms with van der Waals surface area (Å²) >= 11 is 0. The highest BCUT2D eigenvalue weighted by Crippen LogP contribution is 2.20. The maximum atomic E-state index is 13.2. The standard InChI is InChI=1S/C14H18FN3O2S/c1-10-6-11(4-5-14(10)15)17-21(19,20)13-7-12(8-16-2)18(3)9-13/h4-7,9,16-17H,8H2,1-3H3. The van der Waals surface area contributed by atoms with Crippen molar-refractivity contribution in [1.29, 1.82) is 0 Å². The third kappa shape index (κ3) is 3.43. The predicted molar refractivity (Wildman–Crippen MR) is 80.1 cm³/mol. The number of rotatable bonds is 5.